The van der Waals surface area contributed by atoms with Crippen LogP contribution in [-0.4, -0.2) is 0 Å². The van der Waals surface area contributed by atoms with Crippen molar-refractivity contribution in [2.24, 2.45) is 5.41 Å². The third-order valence-corrected chi connectivity index (χ3v) is 3.16. The predicted molar refractivity (Wildman–Crippen MR) is 80.1 cm³/mol. The van der Waals surface area contributed by atoms with Gasteiger partial charge in [0.2, 0.25) is 0 Å². The van der Waals surface area contributed by atoms with Crippen LogP contribution in [-0.2, 0) is 0 Å². The lowest BCUT2D eigenvalue weighted by atomic mass is 9.77. The molecule has 0 saturated heterocycles. The van der Waals surface area contributed by atoms with Crippen LogP contribution >= 0.6 is 0 Å². The molecular weight excluding hydrogens is 204 g/mol. The van der Waals surface area contributed by atoms with E-state index in [0.29, 0.717) is 0 Å². The van der Waals surface area contributed by atoms with Gasteiger partial charge in [-0.2, -0.15) is 0 Å². The Morgan fingerprint density at radius 2 is 1.59 bits per heavy atom. The van der Waals surface area contributed by atoms with Crippen LogP contribution in [0.1, 0.15) is 41.5 Å². The molecule has 0 bridgehead atoms. The first-order valence-corrected chi connectivity index (χ1v) is 6.07. The molecule has 0 aromatic rings. The summed E-state index contributed by atoms with van der Waals surface area (Å²) >= 11 is 0. The number of hydrogen-bond donors (Lipinski definition) is 0. The van der Waals surface area contributed by atoms with E-state index in [1.807, 2.05) is 13.0 Å². The summed E-state index contributed by atoms with van der Waals surface area (Å²) < 4.78 is 0. The molecule has 0 N–H and O–H groups in total. The van der Waals surface area contributed by atoms with Crippen LogP contribution in [0.3, 0.4) is 0 Å². The molecular formula is C17H26. The lowest BCUT2D eigenvalue weighted by molar-refractivity contribution is 0.550. The number of hydrogen-bond acceptors (Lipinski definition) is 0. The van der Waals surface area contributed by atoms with E-state index in [-0.39, 0.29) is 5.41 Å². The third-order valence-electron chi connectivity index (χ3n) is 3.16. The first kappa shape index (κ1) is 15.7. The first-order valence-electron chi connectivity index (χ1n) is 6.07. The quantitative estimate of drug-likeness (QED) is 0.538. The summed E-state index contributed by atoms with van der Waals surface area (Å²) in [4.78, 5) is 0. The molecule has 0 aliphatic rings. The van der Waals surface area contributed by atoms with Gasteiger partial charge in [-0.25, -0.2) is 0 Å². The van der Waals surface area contributed by atoms with Crippen LogP contribution in [0.2, 0.25) is 0 Å². The van der Waals surface area contributed by atoms with Crippen molar-refractivity contribution in [3.05, 3.63) is 59.8 Å². The van der Waals surface area contributed by atoms with Crippen LogP contribution in [0.25, 0.3) is 0 Å². The number of rotatable bonds is 5. The Bertz CT molecular complexity index is 384. The minimum atomic E-state index is 0.0284. The zero-order valence-corrected chi connectivity index (χ0v) is 12.2. The Hall–Kier alpha value is -1.30. The highest BCUT2D eigenvalue weighted by atomic mass is 14.3. The zero-order chi connectivity index (χ0) is 13.6. The fourth-order valence-corrected chi connectivity index (χ4v) is 1.91. The van der Waals surface area contributed by atoms with Crippen molar-refractivity contribution >= 4 is 0 Å². The van der Waals surface area contributed by atoms with Crippen molar-refractivity contribution in [3.8, 4) is 0 Å². The van der Waals surface area contributed by atoms with Gasteiger partial charge >= 0.3 is 0 Å². The van der Waals surface area contributed by atoms with Crippen LogP contribution in [0.5, 0.6) is 0 Å². The van der Waals surface area contributed by atoms with Crippen molar-refractivity contribution in [2.45, 2.75) is 41.5 Å². The molecule has 0 nitrogen and oxygen atoms in total. The summed E-state index contributed by atoms with van der Waals surface area (Å²) in [5, 5.41) is 0. The summed E-state index contributed by atoms with van der Waals surface area (Å²) in [5.74, 6) is 0. The largest absolute Gasteiger partial charge is 0.0988 e. The Kier molecular flexibility index (Phi) is 5.95. The third kappa shape index (κ3) is 4.60. The van der Waals surface area contributed by atoms with E-state index in [1.165, 1.54) is 16.7 Å². The summed E-state index contributed by atoms with van der Waals surface area (Å²) in [6.45, 7) is 20.6. The average Bonchev–Trinajstić information content (AvgIpc) is 2.17. The predicted octanol–water partition coefficient (Wildman–Crippen LogP) is 5.61. The smallest absolute Gasteiger partial charge is 0.0102 e. The van der Waals surface area contributed by atoms with Crippen molar-refractivity contribution in [1.29, 1.82) is 0 Å². The fraction of sp³-hybridized carbons (Fsp3) is 0.412. The van der Waals surface area contributed by atoms with Crippen LogP contribution in [0, 0.1) is 5.41 Å². The lowest BCUT2D eigenvalue weighted by Crippen LogP contribution is -2.15. The Labute approximate surface area is 107 Å². The maximum absolute atomic E-state index is 3.90. The molecule has 0 heteroatoms. The molecule has 0 amide bonds. The standard InChI is InChI=1S/C17H26/c1-9-16(10-2)17(7,8)15(6)12-14(5)11-13(3)4/h9-12H,1,3H2,2,4-8H3/b14-11-,15-12+,16-10+. The molecule has 17 heavy (non-hydrogen) atoms. The Morgan fingerprint density at radius 1 is 1.06 bits per heavy atom. The molecule has 0 saturated carbocycles. The van der Waals surface area contributed by atoms with E-state index < -0.39 is 0 Å². The van der Waals surface area contributed by atoms with Crippen LogP contribution in [0.4, 0.5) is 0 Å². The molecule has 94 valence electrons. The normalized spacial score (nSPS) is 14.8. The maximum atomic E-state index is 3.90. The van der Waals surface area contributed by atoms with E-state index in [9.17, 15) is 0 Å². The monoisotopic (exact) mass is 230 g/mol. The second kappa shape index (κ2) is 6.44. The van der Waals surface area contributed by atoms with E-state index in [4.69, 9.17) is 0 Å². The SMILES string of the molecule is C=C/C(=C\C)C(C)(C)/C(C)=C/C(C)=C\C(=C)C. The van der Waals surface area contributed by atoms with Crippen LogP contribution < -0.4 is 0 Å². The molecule has 0 atom stereocenters. The molecule has 0 aliphatic heterocycles. The maximum Gasteiger partial charge on any atom is 0.0102 e. The second-order valence-corrected chi connectivity index (χ2v) is 5.14. The van der Waals surface area contributed by atoms with Gasteiger partial charge in [0.05, 0.1) is 0 Å². The van der Waals surface area contributed by atoms with E-state index in [1.54, 1.807) is 0 Å². The first-order chi connectivity index (χ1) is 7.75. The summed E-state index contributed by atoms with van der Waals surface area (Å²) in [5.41, 5.74) is 4.94. The van der Waals surface area contributed by atoms with Crippen molar-refractivity contribution < 1.29 is 0 Å². The minimum absolute atomic E-state index is 0.0284. The average molecular weight is 230 g/mol. The van der Waals surface area contributed by atoms with Crippen LogP contribution in [0.15, 0.2) is 59.8 Å². The van der Waals surface area contributed by atoms with Gasteiger partial charge in [0, 0.05) is 5.41 Å². The molecule has 0 aliphatic carbocycles. The van der Waals surface area contributed by atoms with Gasteiger partial charge < -0.3 is 0 Å². The van der Waals surface area contributed by atoms with E-state index in [2.05, 4.69) is 66.0 Å². The summed E-state index contributed by atoms with van der Waals surface area (Å²) in [6, 6.07) is 0. The van der Waals surface area contributed by atoms with Crippen molar-refractivity contribution in [1.82, 2.24) is 0 Å². The van der Waals surface area contributed by atoms with E-state index >= 15 is 0 Å². The highest BCUT2D eigenvalue weighted by Gasteiger charge is 2.22. The van der Waals surface area contributed by atoms with Gasteiger partial charge in [-0.3, -0.25) is 0 Å². The molecule has 0 spiro atoms. The van der Waals surface area contributed by atoms with E-state index in [0.717, 1.165) is 5.57 Å². The highest BCUT2D eigenvalue weighted by Crippen LogP contribution is 2.35. The van der Waals surface area contributed by atoms with Crippen molar-refractivity contribution in [2.75, 3.05) is 0 Å². The second-order valence-electron chi connectivity index (χ2n) is 5.14. The molecule has 0 aromatic heterocycles. The van der Waals surface area contributed by atoms with Crippen molar-refractivity contribution in [3.63, 3.8) is 0 Å². The van der Waals surface area contributed by atoms with Gasteiger partial charge in [0.15, 0.2) is 0 Å². The molecule has 0 fully saturated rings. The topological polar surface area (TPSA) is 0 Å². The minimum Gasteiger partial charge on any atom is -0.0988 e. The molecule has 0 heterocycles. The molecule has 0 radical (unpaired) electrons. The lowest BCUT2D eigenvalue weighted by Gasteiger charge is -2.28. The van der Waals surface area contributed by atoms with Gasteiger partial charge in [-0.1, -0.05) is 68.0 Å². The summed E-state index contributed by atoms with van der Waals surface area (Å²) in [6.07, 6.45) is 8.39. The molecule has 0 unspecified atom stereocenters. The Balaban J connectivity index is 5.29. The summed E-state index contributed by atoms with van der Waals surface area (Å²) in [7, 11) is 0. The molecule has 0 aromatic carbocycles. The van der Waals surface area contributed by atoms with Gasteiger partial charge in [-0.05, 0) is 33.3 Å². The Morgan fingerprint density at radius 3 is 1.94 bits per heavy atom. The van der Waals surface area contributed by atoms with Gasteiger partial charge in [0.1, 0.15) is 0 Å². The zero-order valence-electron chi connectivity index (χ0n) is 12.2. The highest BCUT2D eigenvalue weighted by molar-refractivity contribution is 5.37. The van der Waals surface area contributed by atoms with Gasteiger partial charge in [0.25, 0.3) is 0 Å². The molecule has 0 rings (SSSR count). The number of allylic oxidation sites excluding steroid dienone is 8. The van der Waals surface area contributed by atoms with Gasteiger partial charge in [-0.15, -0.1) is 0 Å². The fourth-order valence-electron chi connectivity index (χ4n) is 1.91.